The van der Waals surface area contributed by atoms with Crippen LogP contribution in [-0.4, -0.2) is 91.1 Å². The first-order valence-electron chi connectivity index (χ1n) is 12.2. The van der Waals surface area contributed by atoms with Gasteiger partial charge >= 0.3 is 0 Å². The molecule has 202 valence electrons. The number of carbonyl (C=O) groups excluding carboxylic acids is 4. The topological polar surface area (TPSA) is 150 Å². The van der Waals surface area contributed by atoms with Crippen molar-refractivity contribution in [2.45, 2.75) is 56.7 Å². The summed E-state index contributed by atoms with van der Waals surface area (Å²) in [6, 6.07) is 1.00. The van der Waals surface area contributed by atoms with Crippen molar-refractivity contribution in [3.05, 3.63) is 26.8 Å². The van der Waals surface area contributed by atoms with E-state index in [4.69, 9.17) is 17.3 Å². The summed E-state index contributed by atoms with van der Waals surface area (Å²) in [7, 11) is -3.91. The van der Waals surface area contributed by atoms with Crippen LogP contribution in [0.25, 0.3) is 6.08 Å². The summed E-state index contributed by atoms with van der Waals surface area (Å²) in [4.78, 5) is 56.0. The van der Waals surface area contributed by atoms with Gasteiger partial charge in [-0.25, -0.2) is 8.42 Å². The molecule has 0 aromatic carbocycles. The number of sulfonamides is 1. The molecule has 1 aromatic rings. The number of halogens is 1. The van der Waals surface area contributed by atoms with E-state index in [1.807, 2.05) is 0 Å². The van der Waals surface area contributed by atoms with Gasteiger partial charge in [0.05, 0.1) is 10.9 Å². The first kappa shape index (κ1) is 27.6. The van der Waals surface area contributed by atoms with Gasteiger partial charge in [0.1, 0.15) is 18.1 Å². The summed E-state index contributed by atoms with van der Waals surface area (Å²) in [5.41, 5.74) is 5.45. The minimum absolute atomic E-state index is 0.246. The van der Waals surface area contributed by atoms with Crippen molar-refractivity contribution in [2.75, 3.05) is 26.2 Å². The van der Waals surface area contributed by atoms with Gasteiger partial charge in [-0.1, -0.05) is 11.6 Å². The molecule has 3 aliphatic heterocycles. The number of nitrogens with two attached hydrogens (primary N) is 1. The number of piperidine rings is 1. The molecule has 0 radical (unpaired) electrons. The van der Waals surface area contributed by atoms with Gasteiger partial charge in [0.25, 0.3) is 0 Å². The Balaban J connectivity index is 1.37. The van der Waals surface area contributed by atoms with E-state index >= 15 is 0 Å². The van der Waals surface area contributed by atoms with Crippen molar-refractivity contribution in [2.24, 2.45) is 5.73 Å². The Morgan fingerprint density at radius 1 is 1.05 bits per heavy atom. The Morgan fingerprint density at radius 2 is 1.73 bits per heavy atom. The van der Waals surface area contributed by atoms with Crippen LogP contribution in [0.1, 0.15) is 43.4 Å². The molecule has 3 N–H and O–H groups in total. The molecule has 4 heterocycles. The number of amides is 4. The molecule has 4 rings (SSSR count). The molecule has 0 bridgehead atoms. The zero-order valence-electron chi connectivity index (χ0n) is 20.2. The Bertz CT molecular complexity index is 1200. The molecule has 37 heavy (non-hydrogen) atoms. The predicted octanol–water partition coefficient (Wildman–Crippen LogP) is 0.750. The zero-order chi connectivity index (χ0) is 26.7. The number of carbonyl (C=O) groups is 4. The van der Waals surface area contributed by atoms with Gasteiger partial charge in [-0.05, 0) is 56.7 Å². The molecule has 3 aliphatic rings. The van der Waals surface area contributed by atoms with Crippen molar-refractivity contribution in [3.63, 3.8) is 0 Å². The van der Waals surface area contributed by atoms with E-state index in [-0.39, 0.29) is 18.4 Å². The number of hydrogen-bond acceptors (Lipinski definition) is 7. The highest BCUT2D eigenvalue weighted by Gasteiger charge is 2.42. The highest BCUT2D eigenvalue weighted by atomic mass is 35.5. The van der Waals surface area contributed by atoms with E-state index in [0.29, 0.717) is 67.4 Å². The largest absolute Gasteiger partial charge is 0.368 e. The molecule has 14 heteroatoms. The first-order chi connectivity index (χ1) is 17.6. The maximum absolute atomic E-state index is 13.2. The predicted molar refractivity (Wildman–Crippen MR) is 139 cm³/mol. The van der Waals surface area contributed by atoms with E-state index in [1.54, 1.807) is 12.1 Å². The fourth-order valence-electron chi connectivity index (χ4n) is 5.11. The Morgan fingerprint density at radius 3 is 2.41 bits per heavy atom. The molecule has 0 saturated carbocycles. The number of nitrogens with zero attached hydrogens (tertiary/aromatic N) is 3. The lowest BCUT2D eigenvalue weighted by molar-refractivity contribution is -0.149. The normalized spacial score (nSPS) is 24.8. The van der Waals surface area contributed by atoms with Gasteiger partial charge in [0.15, 0.2) is 0 Å². The lowest BCUT2D eigenvalue weighted by Gasteiger charge is -2.34. The van der Waals surface area contributed by atoms with Crippen molar-refractivity contribution < 1.29 is 27.6 Å². The Hall–Kier alpha value is -2.48. The summed E-state index contributed by atoms with van der Waals surface area (Å²) >= 11 is 7.09. The average Bonchev–Trinajstić information content (AvgIpc) is 3.60. The van der Waals surface area contributed by atoms with Crippen LogP contribution in [0.2, 0.25) is 4.34 Å². The minimum atomic E-state index is -3.91. The number of rotatable bonds is 8. The zero-order valence-corrected chi connectivity index (χ0v) is 22.6. The van der Waals surface area contributed by atoms with Gasteiger partial charge in [-0.15, -0.1) is 11.3 Å². The van der Waals surface area contributed by atoms with E-state index in [1.165, 1.54) is 32.1 Å². The quantitative estimate of drug-likeness (QED) is 0.470. The fourth-order valence-corrected chi connectivity index (χ4v) is 7.18. The average molecular weight is 572 g/mol. The molecule has 1 aromatic heterocycles. The molecule has 3 fully saturated rings. The van der Waals surface area contributed by atoms with Gasteiger partial charge < -0.3 is 20.4 Å². The third kappa shape index (κ3) is 6.51. The summed E-state index contributed by atoms with van der Waals surface area (Å²) in [6.45, 7) is 0.865. The number of primary amides is 1. The van der Waals surface area contributed by atoms with Crippen LogP contribution >= 0.6 is 22.9 Å². The van der Waals surface area contributed by atoms with Crippen LogP contribution < -0.4 is 10.5 Å². The van der Waals surface area contributed by atoms with Crippen molar-refractivity contribution in [1.82, 2.24) is 19.4 Å². The second-order valence-corrected chi connectivity index (χ2v) is 12.7. The van der Waals surface area contributed by atoms with Crippen molar-refractivity contribution in [3.8, 4) is 0 Å². The number of likely N-dealkylation sites (tertiary alicyclic amines) is 3. The van der Waals surface area contributed by atoms with E-state index in [2.05, 4.69) is 4.72 Å². The fraction of sp³-hybridized carbons (Fsp3) is 0.565. The van der Waals surface area contributed by atoms with Crippen LogP contribution in [0.15, 0.2) is 17.5 Å². The van der Waals surface area contributed by atoms with Gasteiger partial charge in [-0.2, -0.15) is 4.72 Å². The lowest BCUT2D eigenvalue weighted by atomic mass is 10.1. The number of nitrogens with one attached hydrogen (secondary N) is 1. The second kappa shape index (κ2) is 11.5. The van der Waals surface area contributed by atoms with Gasteiger partial charge in [-0.3, -0.25) is 19.2 Å². The minimum Gasteiger partial charge on any atom is -0.368 e. The molecule has 3 saturated heterocycles. The van der Waals surface area contributed by atoms with Crippen LogP contribution in [0.4, 0.5) is 0 Å². The monoisotopic (exact) mass is 571 g/mol. The van der Waals surface area contributed by atoms with Crippen LogP contribution in [0.3, 0.4) is 0 Å². The number of thiophene rings is 1. The highest BCUT2D eigenvalue weighted by Crippen LogP contribution is 2.26. The molecule has 0 spiro atoms. The van der Waals surface area contributed by atoms with E-state index in [9.17, 15) is 27.6 Å². The summed E-state index contributed by atoms with van der Waals surface area (Å²) in [5, 5.41) is 0.991. The lowest BCUT2D eigenvalue weighted by Crippen LogP contribution is -2.56. The third-order valence-corrected chi connectivity index (χ3v) is 9.20. The SMILES string of the molecule is NC(=O)C1CCCN1C(=O)C1CCCN1C(=O)CN1CCCC(NS(=O)(=O)/C=C/c2ccc(Cl)s2)C1=O. The van der Waals surface area contributed by atoms with Crippen LogP contribution in [-0.2, 0) is 29.2 Å². The first-order valence-corrected chi connectivity index (χ1v) is 14.9. The van der Waals surface area contributed by atoms with Crippen LogP contribution in [0.5, 0.6) is 0 Å². The van der Waals surface area contributed by atoms with E-state index in [0.717, 1.165) is 5.41 Å². The number of hydrogen-bond donors (Lipinski definition) is 2. The van der Waals surface area contributed by atoms with Gasteiger partial charge in [0, 0.05) is 29.9 Å². The Kier molecular flexibility index (Phi) is 8.56. The summed E-state index contributed by atoms with van der Waals surface area (Å²) in [6.07, 6.45) is 4.54. The Labute approximate surface area is 224 Å². The summed E-state index contributed by atoms with van der Waals surface area (Å²) < 4.78 is 28.0. The standard InChI is InChI=1S/C23H30ClN5O6S2/c24-19-8-7-15(36-19)9-13-37(34,35)26-16-4-1-10-27(22(16)32)14-20(30)28-11-3-6-18(28)23(33)29-12-2-5-17(29)21(25)31/h7-9,13,16-18,26H,1-6,10-12,14H2,(H2,25,31)/b13-9+. The molecular weight excluding hydrogens is 542 g/mol. The maximum atomic E-state index is 13.2. The smallest absolute Gasteiger partial charge is 0.246 e. The maximum Gasteiger partial charge on any atom is 0.246 e. The van der Waals surface area contributed by atoms with Crippen molar-refractivity contribution in [1.29, 1.82) is 0 Å². The summed E-state index contributed by atoms with van der Waals surface area (Å²) in [5.74, 6) is -1.70. The molecule has 0 aliphatic carbocycles. The highest BCUT2D eigenvalue weighted by molar-refractivity contribution is 7.92. The van der Waals surface area contributed by atoms with Crippen LogP contribution in [0, 0.1) is 0 Å². The van der Waals surface area contributed by atoms with Crippen molar-refractivity contribution >= 4 is 62.7 Å². The van der Waals surface area contributed by atoms with E-state index < -0.39 is 40.0 Å². The molecule has 11 nitrogen and oxygen atoms in total. The molecule has 3 atom stereocenters. The molecule has 4 amide bonds. The third-order valence-electron chi connectivity index (χ3n) is 6.89. The molecule has 3 unspecified atom stereocenters. The molecular formula is C23H30ClN5O6S2. The second-order valence-electron chi connectivity index (χ2n) is 9.40. The van der Waals surface area contributed by atoms with Gasteiger partial charge in [0.2, 0.25) is 33.7 Å².